The average molecular weight is 491 g/mol. The number of carbonyl (C=O) groups is 2. The minimum absolute atomic E-state index is 0.189. The second-order valence-corrected chi connectivity index (χ2v) is 9.30. The number of likely N-dealkylation sites (tertiary alicyclic amines) is 1. The van der Waals surface area contributed by atoms with Crippen molar-refractivity contribution in [2.24, 2.45) is 0 Å². The Morgan fingerprint density at radius 3 is 2.69 bits per heavy atom. The van der Waals surface area contributed by atoms with Crippen LogP contribution in [-0.2, 0) is 4.79 Å². The van der Waals surface area contributed by atoms with Crippen molar-refractivity contribution in [1.82, 2.24) is 15.2 Å². The van der Waals surface area contributed by atoms with Gasteiger partial charge in [0.1, 0.15) is 11.6 Å². The van der Waals surface area contributed by atoms with Crippen LogP contribution in [-0.4, -0.2) is 47.9 Å². The highest BCUT2D eigenvalue weighted by molar-refractivity contribution is 6.36. The van der Waals surface area contributed by atoms with Crippen molar-refractivity contribution < 1.29 is 18.4 Å². The molecule has 0 atom stereocenters. The Morgan fingerprint density at radius 1 is 1.11 bits per heavy atom. The number of nitrogens with zero attached hydrogens (tertiary/aromatic N) is 1. The molecule has 3 aromatic rings. The van der Waals surface area contributed by atoms with E-state index in [9.17, 15) is 18.4 Å². The van der Waals surface area contributed by atoms with E-state index in [-0.39, 0.29) is 17.4 Å². The van der Waals surface area contributed by atoms with Crippen molar-refractivity contribution >= 4 is 29.2 Å². The molecule has 0 saturated carbocycles. The number of aromatic amines is 1. The van der Waals surface area contributed by atoms with E-state index in [1.807, 2.05) is 6.92 Å². The third-order valence-electron chi connectivity index (χ3n) is 6.70. The molecule has 2 aromatic carbocycles. The lowest BCUT2D eigenvalue weighted by molar-refractivity contribution is -0.110. The fourth-order valence-corrected chi connectivity index (χ4v) is 4.98. The van der Waals surface area contributed by atoms with E-state index in [4.69, 9.17) is 0 Å². The molecule has 36 heavy (non-hydrogen) atoms. The second kappa shape index (κ2) is 10.1. The Hall–Kier alpha value is -3.78. The van der Waals surface area contributed by atoms with Gasteiger partial charge in [0.05, 0.1) is 16.8 Å². The summed E-state index contributed by atoms with van der Waals surface area (Å²) in [5, 5.41) is 5.79. The average Bonchev–Trinajstić information content (AvgIpc) is 3.56. The summed E-state index contributed by atoms with van der Waals surface area (Å²) in [6.45, 7) is 5.61. The largest absolute Gasteiger partial charge is 0.358 e. The number of aryl methyl sites for hydroxylation is 1. The third kappa shape index (κ3) is 4.81. The zero-order chi connectivity index (χ0) is 25.2. The highest BCUT2D eigenvalue weighted by atomic mass is 19.1. The minimum atomic E-state index is -0.716. The van der Waals surface area contributed by atoms with E-state index >= 15 is 0 Å². The number of hydrogen-bond acceptors (Lipinski definition) is 3. The molecule has 0 bridgehead atoms. The van der Waals surface area contributed by atoms with Gasteiger partial charge in [-0.2, -0.15) is 0 Å². The van der Waals surface area contributed by atoms with Gasteiger partial charge in [0.25, 0.3) is 11.8 Å². The van der Waals surface area contributed by atoms with Crippen LogP contribution in [0.3, 0.4) is 0 Å². The Morgan fingerprint density at radius 2 is 1.92 bits per heavy atom. The summed E-state index contributed by atoms with van der Waals surface area (Å²) in [6, 6.07) is 10.3. The summed E-state index contributed by atoms with van der Waals surface area (Å²) in [6.07, 6.45) is 4.96. The van der Waals surface area contributed by atoms with Gasteiger partial charge in [0.2, 0.25) is 0 Å². The van der Waals surface area contributed by atoms with Crippen LogP contribution in [0.15, 0.2) is 42.5 Å². The summed E-state index contributed by atoms with van der Waals surface area (Å²) in [4.78, 5) is 31.5. The first-order valence-corrected chi connectivity index (χ1v) is 12.2. The van der Waals surface area contributed by atoms with Crippen molar-refractivity contribution in [3.05, 3.63) is 76.6 Å². The Bertz CT molecular complexity index is 1360. The summed E-state index contributed by atoms with van der Waals surface area (Å²) >= 11 is 0. The fraction of sp³-hybridized carbons (Fsp3) is 0.286. The maximum Gasteiger partial charge on any atom is 0.256 e. The molecular weight excluding hydrogens is 462 g/mol. The number of benzene rings is 2. The van der Waals surface area contributed by atoms with Crippen molar-refractivity contribution in [1.29, 1.82) is 0 Å². The van der Waals surface area contributed by atoms with E-state index in [1.54, 1.807) is 30.3 Å². The molecular formula is C28H28F2N4O2. The van der Waals surface area contributed by atoms with Crippen LogP contribution in [0.25, 0.3) is 22.8 Å². The molecule has 186 valence electrons. The number of hydrogen-bond donors (Lipinski definition) is 3. The van der Waals surface area contributed by atoms with E-state index in [1.165, 1.54) is 25.0 Å². The van der Waals surface area contributed by atoms with Gasteiger partial charge in [0, 0.05) is 35.1 Å². The van der Waals surface area contributed by atoms with Crippen LogP contribution in [0.1, 0.15) is 46.6 Å². The van der Waals surface area contributed by atoms with Crippen LogP contribution in [0.5, 0.6) is 0 Å². The van der Waals surface area contributed by atoms with Gasteiger partial charge < -0.3 is 20.5 Å². The number of rotatable bonds is 7. The zero-order valence-electron chi connectivity index (χ0n) is 20.1. The highest BCUT2D eigenvalue weighted by Crippen LogP contribution is 2.41. The molecule has 0 spiro atoms. The topological polar surface area (TPSA) is 77.2 Å². The number of carbonyl (C=O) groups excluding carboxylic acids is 2. The summed E-state index contributed by atoms with van der Waals surface area (Å²) in [7, 11) is 0. The van der Waals surface area contributed by atoms with Crippen molar-refractivity contribution in [3.8, 4) is 11.1 Å². The van der Waals surface area contributed by atoms with Crippen LogP contribution in [0.4, 0.5) is 14.5 Å². The number of amides is 2. The quantitative estimate of drug-likeness (QED) is 0.323. The van der Waals surface area contributed by atoms with Crippen LogP contribution in [0, 0.1) is 18.6 Å². The Balaban J connectivity index is 1.43. The number of H-pyrrole nitrogens is 1. The molecule has 3 heterocycles. The molecule has 0 aliphatic carbocycles. The summed E-state index contributed by atoms with van der Waals surface area (Å²) < 4.78 is 28.2. The summed E-state index contributed by atoms with van der Waals surface area (Å²) in [5.74, 6) is -1.97. The molecule has 2 aliphatic rings. The van der Waals surface area contributed by atoms with Gasteiger partial charge in [-0.15, -0.1) is 0 Å². The predicted octanol–water partition coefficient (Wildman–Crippen LogP) is 4.98. The lowest BCUT2D eigenvalue weighted by Crippen LogP contribution is -2.28. The van der Waals surface area contributed by atoms with E-state index in [0.717, 1.165) is 37.8 Å². The van der Waals surface area contributed by atoms with Gasteiger partial charge in [-0.05, 0) is 81.7 Å². The van der Waals surface area contributed by atoms with Gasteiger partial charge in [0.15, 0.2) is 0 Å². The first kappa shape index (κ1) is 23.9. The van der Waals surface area contributed by atoms with E-state index in [0.29, 0.717) is 40.2 Å². The Kier molecular flexibility index (Phi) is 6.69. The fourth-order valence-electron chi connectivity index (χ4n) is 4.98. The standard InChI is InChI=1S/C28H28F2N4O2/c1-17-14-21(27(35)31-10-5-13-34-11-2-3-12-34)25(32-17)16-22-26-20(6-4-7-24(26)33-28(22)36)19-9-8-18(29)15-23(19)30/h4,6-9,14-16,32H,2-3,5,10-13H2,1H3,(H,31,35)(H,33,36)/b22-16-. The van der Waals surface area contributed by atoms with Crippen LogP contribution in [0.2, 0.25) is 0 Å². The normalized spacial score (nSPS) is 16.4. The molecule has 1 saturated heterocycles. The van der Waals surface area contributed by atoms with Crippen molar-refractivity contribution in [2.45, 2.75) is 26.2 Å². The van der Waals surface area contributed by atoms with E-state index < -0.39 is 11.6 Å². The summed E-state index contributed by atoms with van der Waals surface area (Å²) in [5.41, 5.74) is 3.71. The molecule has 3 N–H and O–H groups in total. The molecule has 6 nitrogen and oxygen atoms in total. The maximum atomic E-state index is 14.6. The lowest BCUT2D eigenvalue weighted by atomic mass is 9.93. The highest BCUT2D eigenvalue weighted by Gasteiger charge is 2.29. The molecule has 1 fully saturated rings. The second-order valence-electron chi connectivity index (χ2n) is 9.30. The molecule has 0 unspecified atom stereocenters. The first-order valence-electron chi connectivity index (χ1n) is 12.2. The Labute approximate surface area is 208 Å². The lowest BCUT2D eigenvalue weighted by Gasteiger charge is -2.14. The van der Waals surface area contributed by atoms with Crippen molar-refractivity contribution in [2.75, 3.05) is 31.5 Å². The van der Waals surface area contributed by atoms with Crippen LogP contribution >= 0.6 is 0 Å². The van der Waals surface area contributed by atoms with Crippen molar-refractivity contribution in [3.63, 3.8) is 0 Å². The number of halogens is 2. The SMILES string of the molecule is Cc1cc(C(=O)NCCCN2CCCC2)c(/C=C2\C(=O)Nc3cccc(-c4ccc(F)cc4F)c32)[nH]1. The molecule has 2 amide bonds. The maximum absolute atomic E-state index is 14.6. The smallest absolute Gasteiger partial charge is 0.256 e. The minimum Gasteiger partial charge on any atom is -0.358 e. The zero-order valence-corrected chi connectivity index (χ0v) is 20.1. The number of aromatic nitrogens is 1. The van der Waals surface area contributed by atoms with Gasteiger partial charge in [-0.1, -0.05) is 12.1 Å². The van der Waals surface area contributed by atoms with E-state index in [2.05, 4.69) is 20.5 Å². The molecule has 5 rings (SSSR count). The molecule has 1 aromatic heterocycles. The monoisotopic (exact) mass is 490 g/mol. The molecule has 0 radical (unpaired) electrons. The molecule has 2 aliphatic heterocycles. The third-order valence-corrected chi connectivity index (χ3v) is 6.70. The molecule has 8 heteroatoms. The number of fused-ring (bicyclic) bond motifs is 1. The van der Waals surface area contributed by atoms with Crippen LogP contribution < -0.4 is 10.6 Å². The number of anilines is 1. The predicted molar refractivity (Wildman–Crippen MR) is 136 cm³/mol. The van der Waals surface area contributed by atoms with Gasteiger partial charge in [-0.3, -0.25) is 9.59 Å². The first-order chi connectivity index (χ1) is 17.4. The number of nitrogens with one attached hydrogen (secondary N) is 3. The van der Waals surface area contributed by atoms with Gasteiger partial charge >= 0.3 is 0 Å². The van der Waals surface area contributed by atoms with Gasteiger partial charge in [-0.25, -0.2) is 8.78 Å².